The van der Waals surface area contributed by atoms with Crippen molar-refractivity contribution in [3.8, 4) is 11.8 Å². The number of benzene rings is 2. The molecule has 116 valence electrons. The van der Waals surface area contributed by atoms with Gasteiger partial charge >= 0.3 is 0 Å². The SMILES string of the molecule is CCc1ccc(OCC(=O)N/N=C/c2ccc(C#N)cc2)cc1. The number of hydrogen-bond donors (Lipinski definition) is 1. The van der Waals surface area contributed by atoms with Gasteiger partial charge in [0.15, 0.2) is 6.61 Å². The number of hydrazone groups is 1. The van der Waals surface area contributed by atoms with Gasteiger partial charge in [-0.1, -0.05) is 31.2 Å². The van der Waals surface area contributed by atoms with E-state index >= 15 is 0 Å². The van der Waals surface area contributed by atoms with Crippen molar-refractivity contribution in [3.05, 3.63) is 65.2 Å². The van der Waals surface area contributed by atoms with Gasteiger partial charge in [-0.2, -0.15) is 10.4 Å². The van der Waals surface area contributed by atoms with Gasteiger partial charge in [-0.25, -0.2) is 5.43 Å². The van der Waals surface area contributed by atoms with Crippen molar-refractivity contribution >= 4 is 12.1 Å². The van der Waals surface area contributed by atoms with Gasteiger partial charge in [0.05, 0.1) is 17.8 Å². The topological polar surface area (TPSA) is 74.5 Å². The third-order valence-corrected chi connectivity index (χ3v) is 3.14. The van der Waals surface area contributed by atoms with E-state index in [-0.39, 0.29) is 12.5 Å². The summed E-state index contributed by atoms with van der Waals surface area (Å²) in [5.41, 5.74) is 4.98. The Kier molecular flexibility index (Phi) is 5.89. The molecular weight excluding hydrogens is 290 g/mol. The first-order valence-corrected chi connectivity index (χ1v) is 7.25. The van der Waals surface area contributed by atoms with E-state index in [9.17, 15) is 4.79 Å². The molecule has 0 aliphatic carbocycles. The van der Waals surface area contributed by atoms with E-state index in [1.807, 2.05) is 30.3 Å². The van der Waals surface area contributed by atoms with Crippen LogP contribution in [0.15, 0.2) is 53.6 Å². The van der Waals surface area contributed by atoms with Gasteiger partial charge in [-0.3, -0.25) is 4.79 Å². The van der Waals surface area contributed by atoms with E-state index < -0.39 is 0 Å². The number of ether oxygens (including phenoxy) is 1. The standard InChI is InChI=1S/C18H17N3O2/c1-2-14-7-9-17(10-8-14)23-13-18(22)21-20-12-16-5-3-15(11-19)4-6-16/h3-10,12H,2,13H2,1H3,(H,21,22)/b20-12+. The normalized spacial score (nSPS) is 10.3. The fraction of sp³-hybridized carbons (Fsp3) is 0.167. The molecule has 1 amide bonds. The van der Waals surface area contributed by atoms with Crippen LogP contribution in [0.4, 0.5) is 0 Å². The lowest BCUT2D eigenvalue weighted by Gasteiger charge is -2.05. The number of nitrogens with zero attached hydrogens (tertiary/aromatic N) is 2. The maximum atomic E-state index is 11.6. The zero-order valence-corrected chi connectivity index (χ0v) is 12.8. The second-order valence-corrected chi connectivity index (χ2v) is 4.81. The minimum atomic E-state index is -0.338. The van der Waals surface area contributed by atoms with Crippen LogP contribution in [0, 0.1) is 11.3 Å². The van der Waals surface area contributed by atoms with E-state index in [4.69, 9.17) is 10.00 Å². The summed E-state index contributed by atoms with van der Waals surface area (Å²) in [4.78, 5) is 11.6. The van der Waals surface area contributed by atoms with Crippen molar-refractivity contribution < 1.29 is 9.53 Å². The molecule has 0 spiro atoms. The lowest BCUT2D eigenvalue weighted by molar-refractivity contribution is -0.123. The smallest absolute Gasteiger partial charge is 0.277 e. The molecule has 0 atom stereocenters. The van der Waals surface area contributed by atoms with E-state index in [1.165, 1.54) is 11.8 Å². The molecule has 0 aliphatic heterocycles. The highest BCUT2D eigenvalue weighted by Gasteiger charge is 2.01. The molecule has 2 rings (SSSR count). The Labute approximate surface area is 135 Å². The molecule has 0 aliphatic rings. The molecule has 2 aromatic carbocycles. The summed E-state index contributed by atoms with van der Waals surface area (Å²) >= 11 is 0. The number of nitriles is 1. The third-order valence-electron chi connectivity index (χ3n) is 3.14. The number of aryl methyl sites for hydroxylation is 1. The highest BCUT2D eigenvalue weighted by molar-refractivity contribution is 5.83. The molecule has 5 heteroatoms. The molecule has 0 saturated heterocycles. The Hall–Kier alpha value is -3.13. The van der Waals surface area contributed by atoms with Crippen molar-refractivity contribution in [2.45, 2.75) is 13.3 Å². The molecule has 2 aromatic rings. The van der Waals surface area contributed by atoms with Crippen LogP contribution >= 0.6 is 0 Å². The molecule has 0 heterocycles. The number of carbonyl (C=O) groups is 1. The molecule has 0 bridgehead atoms. The van der Waals surface area contributed by atoms with Crippen LogP contribution in [0.2, 0.25) is 0 Å². The minimum absolute atomic E-state index is 0.101. The average molecular weight is 307 g/mol. The highest BCUT2D eigenvalue weighted by Crippen LogP contribution is 2.12. The monoisotopic (exact) mass is 307 g/mol. The van der Waals surface area contributed by atoms with E-state index in [0.717, 1.165) is 12.0 Å². The number of carbonyl (C=O) groups excluding carboxylic acids is 1. The van der Waals surface area contributed by atoms with Crippen molar-refractivity contribution in [1.29, 1.82) is 5.26 Å². The Morgan fingerprint density at radius 2 is 1.91 bits per heavy atom. The molecule has 0 fully saturated rings. The van der Waals surface area contributed by atoms with Crippen LogP contribution in [0.5, 0.6) is 5.75 Å². The highest BCUT2D eigenvalue weighted by atomic mass is 16.5. The predicted molar refractivity (Wildman–Crippen MR) is 88.2 cm³/mol. The van der Waals surface area contributed by atoms with E-state index in [2.05, 4.69) is 17.5 Å². The molecule has 5 nitrogen and oxygen atoms in total. The second kappa shape index (κ2) is 8.35. The second-order valence-electron chi connectivity index (χ2n) is 4.81. The Balaban J connectivity index is 1.77. The van der Waals surface area contributed by atoms with Crippen molar-refractivity contribution in [2.24, 2.45) is 5.10 Å². The summed E-state index contributed by atoms with van der Waals surface area (Å²) in [6.07, 6.45) is 2.47. The Morgan fingerprint density at radius 1 is 1.22 bits per heavy atom. The lowest BCUT2D eigenvalue weighted by Crippen LogP contribution is -2.24. The van der Waals surface area contributed by atoms with E-state index in [0.29, 0.717) is 11.3 Å². The number of amides is 1. The van der Waals surface area contributed by atoms with Gasteiger partial charge < -0.3 is 4.74 Å². The summed E-state index contributed by atoms with van der Waals surface area (Å²) in [5.74, 6) is 0.308. The maximum Gasteiger partial charge on any atom is 0.277 e. The molecule has 23 heavy (non-hydrogen) atoms. The molecule has 0 saturated carbocycles. The first kappa shape index (κ1) is 16.2. The van der Waals surface area contributed by atoms with Crippen molar-refractivity contribution in [2.75, 3.05) is 6.61 Å². The van der Waals surface area contributed by atoms with Crippen LogP contribution in [-0.2, 0) is 11.2 Å². The van der Waals surface area contributed by atoms with Gasteiger partial charge in [0.2, 0.25) is 0 Å². The fourth-order valence-electron chi connectivity index (χ4n) is 1.83. The fourth-order valence-corrected chi connectivity index (χ4v) is 1.83. The Bertz CT molecular complexity index is 713. The molecule has 0 unspecified atom stereocenters. The molecule has 1 N–H and O–H groups in total. The quantitative estimate of drug-likeness (QED) is 0.658. The summed E-state index contributed by atoms with van der Waals surface area (Å²) in [7, 11) is 0. The molecule has 0 radical (unpaired) electrons. The molecular formula is C18H17N3O2. The molecule has 0 aromatic heterocycles. The van der Waals surface area contributed by atoms with Crippen LogP contribution < -0.4 is 10.2 Å². The van der Waals surface area contributed by atoms with Gasteiger partial charge in [-0.15, -0.1) is 0 Å². The number of nitrogens with one attached hydrogen (secondary N) is 1. The van der Waals surface area contributed by atoms with Gasteiger partial charge in [0.25, 0.3) is 5.91 Å². The zero-order valence-electron chi connectivity index (χ0n) is 12.8. The van der Waals surface area contributed by atoms with Crippen molar-refractivity contribution in [1.82, 2.24) is 5.43 Å². The summed E-state index contributed by atoms with van der Waals surface area (Å²) < 4.78 is 5.38. The zero-order chi connectivity index (χ0) is 16.5. The summed E-state index contributed by atoms with van der Waals surface area (Å²) in [6, 6.07) is 16.5. The Morgan fingerprint density at radius 3 is 2.52 bits per heavy atom. The lowest BCUT2D eigenvalue weighted by atomic mass is 10.2. The third kappa shape index (κ3) is 5.29. The van der Waals surface area contributed by atoms with Crippen LogP contribution in [-0.4, -0.2) is 18.7 Å². The largest absolute Gasteiger partial charge is 0.484 e. The van der Waals surface area contributed by atoms with E-state index in [1.54, 1.807) is 24.3 Å². The minimum Gasteiger partial charge on any atom is -0.484 e. The van der Waals surface area contributed by atoms with Gasteiger partial charge in [0, 0.05) is 0 Å². The summed E-state index contributed by atoms with van der Waals surface area (Å²) in [6.45, 7) is 1.98. The predicted octanol–water partition coefficient (Wildman–Crippen LogP) is 2.65. The van der Waals surface area contributed by atoms with Crippen molar-refractivity contribution in [3.63, 3.8) is 0 Å². The van der Waals surface area contributed by atoms with Gasteiger partial charge in [-0.05, 0) is 41.8 Å². The number of rotatable bonds is 6. The van der Waals surface area contributed by atoms with Crippen LogP contribution in [0.25, 0.3) is 0 Å². The first-order valence-electron chi connectivity index (χ1n) is 7.25. The maximum absolute atomic E-state index is 11.6. The first-order chi connectivity index (χ1) is 11.2. The van der Waals surface area contributed by atoms with Crippen LogP contribution in [0.1, 0.15) is 23.6 Å². The number of hydrogen-bond acceptors (Lipinski definition) is 4. The average Bonchev–Trinajstić information content (AvgIpc) is 2.61. The summed E-state index contributed by atoms with van der Waals surface area (Å²) in [5, 5.41) is 12.6. The van der Waals surface area contributed by atoms with Gasteiger partial charge in [0.1, 0.15) is 5.75 Å². The van der Waals surface area contributed by atoms with Crippen LogP contribution in [0.3, 0.4) is 0 Å².